The maximum absolute atomic E-state index is 11.9. The van der Waals surface area contributed by atoms with E-state index in [-0.39, 0.29) is 11.8 Å². The number of amides is 1. The van der Waals surface area contributed by atoms with Gasteiger partial charge in [-0.2, -0.15) is 0 Å². The van der Waals surface area contributed by atoms with Crippen molar-refractivity contribution in [3.05, 3.63) is 59.4 Å². The first-order valence-corrected chi connectivity index (χ1v) is 9.33. The summed E-state index contributed by atoms with van der Waals surface area (Å²) in [6, 6.07) is 12.4. The van der Waals surface area contributed by atoms with Crippen LogP contribution in [0.2, 0.25) is 0 Å². The first-order valence-electron chi connectivity index (χ1n) is 9.33. The lowest BCUT2D eigenvalue weighted by Gasteiger charge is -2.09. The number of aryl methyl sites for hydroxylation is 1. The van der Waals surface area contributed by atoms with Gasteiger partial charge in [0.2, 0.25) is 0 Å². The summed E-state index contributed by atoms with van der Waals surface area (Å²) in [5, 5.41) is 13.5. The third-order valence-corrected chi connectivity index (χ3v) is 4.52. The van der Waals surface area contributed by atoms with Crippen LogP contribution >= 0.6 is 0 Å². The molecule has 0 saturated carbocycles. The number of carbonyl (C=O) groups excluding carboxylic acids is 2. The Balaban J connectivity index is 1.69. The molecule has 0 aliphatic carbocycles. The zero-order valence-electron chi connectivity index (χ0n) is 17.0. The molecule has 3 N–H and O–H groups in total. The summed E-state index contributed by atoms with van der Waals surface area (Å²) in [5.41, 5.74) is 3.50. The van der Waals surface area contributed by atoms with Crippen LogP contribution in [-0.2, 0) is 23.1 Å². The predicted octanol–water partition coefficient (Wildman–Crippen LogP) is 3.04. The van der Waals surface area contributed by atoms with E-state index in [4.69, 9.17) is 10.1 Å². The minimum Gasteiger partial charge on any atom is -0.462 e. The van der Waals surface area contributed by atoms with Gasteiger partial charge in [0.15, 0.2) is 0 Å². The van der Waals surface area contributed by atoms with Crippen molar-refractivity contribution in [2.45, 2.75) is 13.5 Å². The average molecular weight is 409 g/mol. The normalized spacial score (nSPS) is 10.5. The third-order valence-electron chi connectivity index (χ3n) is 4.52. The first kappa shape index (κ1) is 20.8. The number of benzene rings is 2. The lowest BCUT2D eigenvalue weighted by molar-refractivity contribution is 0.0526. The van der Waals surface area contributed by atoms with Crippen LogP contribution in [-0.4, -0.2) is 41.2 Å². The molecular formula is C21H23N5O4. The molecule has 0 atom stereocenters. The van der Waals surface area contributed by atoms with Crippen molar-refractivity contribution in [3.8, 4) is 0 Å². The Morgan fingerprint density at radius 3 is 2.50 bits per heavy atom. The molecule has 0 unspecified atom stereocenters. The molecule has 1 amide bonds. The summed E-state index contributed by atoms with van der Waals surface area (Å²) in [6.45, 7) is 2.56. The molecule has 0 bridgehead atoms. The smallest absolute Gasteiger partial charge is 0.412 e. The molecule has 0 aliphatic heterocycles. The minimum atomic E-state index is -0.685. The van der Waals surface area contributed by atoms with E-state index in [9.17, 15) is 9.59 Å². The van der Waals surface area contributed by atoms with Gasteiger partial charge in [-0.1, -0.05) is 0 Å². The van der Waals surface area contributed by atoms with Crippen LogP contribution in [0.4, 0.5) is 10.5 Å². The second-order valence-corrected chi connectivity index (χ2v) is 6.43. The quantitative estimate of drug-likeness (QED) is 0.327. The molecule has 0 saturated heterocycles. The summed E-state index contributed by atoms with van der Waals surface area (Å²) in [5.74, 6) is 0.397. The molecule has 0 fully saturated rings. The van der Waals surface area contributed by atoms with Crippen LogP contribution in [0.5, 0.6) is 0 Å². The number of hydrogen-bond acceptors (Lipinski definition) is 7. The van der Waals surface area contributed by atoms with E-state index >= 15 is 0 Å². The number of alkyl carbamates (subject to hydrolysis) is 1. The predicted molar refractivity (Wildman–Crippen MR) is 113 cm³/mol. The van der Waals surface area contributed by atoms with Gasteiger partial charge in [0.1, 0.15) is 11.7 Å². The zero-order valence-corrected chi connectivity index (χ0v) is 17.0. The monoisotopic (exact) mass is 409 g/mol. The molecule has 0 radical (unpaired) electrons. The number of amidine groups is 1. The van der Waals surface area contributed by atoms with Crippen molar-refractivity contribution in [1.82, 2.24) is 14.9 Å². The van der Waals surface area contributed by atoms with Gasteiger partial charge in [0.25, 0.3) is 0 Å². The standard InChI is InChI=1S/C21H23N5O4/c1-4-30-20(27)14-7-10-17-16(11-14)24-18(26(17)2)12-23-15-8-5-13(6-9-15)19(22)25-21(28)29-3/h5-11,23H,4,12H2,1-3H3,(H2,22,25,28). The summed E-state index contributed by atoms with van der Waals surface area (Å²) in [6.07, 6.45) is -0.685. The van der Waals surface area contributed by atoms with Crippen LogP contribution in [0.1, 0.15) is 28.7 Å². The van der Waals surface area contributed by atoms with Gasteiger partial charge >= 0.3 is 12.1 Å². The Bertz CT molecular complexity index is 1090. The number of ether oxygens (including phenoxy) is 2. The number of hydrogen-bond donors (Lipinski definition) is 3. The molecule has 9 heteroatoms. The minimum absolute atomic E-state index is 0.0406. The summed E-state index contributed by atoms with van der Waals surface area (Å²) in [7, 11) is 3.16. The Labute approximate surface area is 173 Å². The van der Waals surface area contributed by atoms with Gasteiger partial charge < -0.3 is 19.4 Å². The first-order chi connectivity index (χ1) is 14.4. The molecule has 2 aromatic carbocycles. The average Bonchev–Trinajstić information content (AvgIpc) is 3.07. The highest BCUT2D eigenvalue weighted by atomic mass is 16.5. The highest BCUT2D eigenvalue weighted by Gasteiger charge is 2.12. The lowest BCUT2D eigenvalue weighted by Crippen LogP contribution is -2.30. The Hall–Kier alpha value is -3.88. The van der Waals surface area contributed by atoms with Gasteiger partial charge in [-0.15, -0.1) is 0 Å². The molecule has 3 aromatic rings. The van der Waals surface area contributed by atoms with Crippen molar-refractivity contribution in [1.29, 1.82) is 5.41 Å². The van der Waals surface area contributed by atoms with E-state index in [0.717, 1.165) is 22.5 Å². The highest BCUT2D eigenvalue weighted by Crippen LogP contribution is 2.19. The molecule has 1 aromatic heterocycles. The second kappa shape index (κ2) is 9.08. The number of carbonyl (C=O) groups is 2. The van der Waals surface area contributed by atoms with E-state index in [1.54, 1.807) is 31.2 Å². The highest BCUT2D eigenvalue weighted by molar-refractivity contribution is 6.04. The van der Waals surface area contributed by atoms with Crippen LogP contribution in [0.3, 0.4) is 0 Å². The SMILES string of the molecule is CCOC(=O)c1ccc2c(c1)nc(CNc1ccc(C(=N)NC(=O)OC)cc1)n2C. The number of nitrogens with one attached hydrogen (secondary N) is 3. The molecule has 0 spiro atoms. The van der Waals surface area contributed by atoms with E-state index in [1.165, 1.54) is 7.11 Å². The zero-order chi connectivity index (χ0) is 21.7. The van der Waals surface area contributed by atoms with Crippen molar-refractivity contribution in [3.63, 3.8) is 0 Å². The van der Waals surface area contributed by atoms with Crippen molar-refractivity contribution >= 4 is 34.6 Å². The fraction of sp³-hybridized carbons (Fsp3) is 0.238. The molecule has 156 valence electrons. The van der Waals surface area contributed by atoms with Crippen molar-refractivity contribution < 1.29 is 19.1 Å². The van der Waals surface area contributed by atoms with Crippen molar-refractivity contribution in [2.75, 3.05) is 19.0 Å². The molecule has 30 heavy (non-hydrogen) atoms. The van der Waals surface area contributed by atoms with E-state index in [1.807, 2.05) is 29.8 Å². The van der Waals surface area contributed by atoms with Gasteiger partial charge in [-0.3, -0.25) is 10.7 Å². The van der Waals surface area contributed by atoms with E-state index in [0.29, 0.717) is 24.3 Å². The van der Waals surface area contributed by atoms with Crippen LogP contribution in [0.15, 0.2) is 42.5 Å². The number of rotatable bonds is 6. The topological polar surface area (TPSA) is 118 Å². The second-order valence-electron chi connectivity index (χ2n) is 6.43. The molecule has 0 aliphatic rings. The van der Waals surface area contributed by atoms with Gasteiger partial charge in [0, 0.05) is 18.3 Å². The fourth-order valence-corrected chi connectivity index (χ4v) is 2.91. The molecule has 3 rings (SSSR count). The van der Waals surface area contributed by atoms with Gasteiger partial charge in [-0.25, -0.2) is 14.6 Å². The van der Waals surface area contributed by atoms with Gasteiger partial charge in [-0.05, 0) is 49.4 Å². The number of anilines is 1. The van der Waals surface area contributed by atoms with Gasteiger partial charge in [0.05, 0.1) is 36.9 Å². The Kier molecular flexibility index (Phi) is 6.31. The number of esters is 1. The number of nitrogens with zero attached hydrogens (tertiary/aromatic N) is 2. The molecule has 1 heterocycles. The Morgan fingerprint density at radius 2 is 1.83 bits per heavy atom. The third kappa shape index (κ3) is 4.57. The number of methoxy groups -OCH3 is 1. The van der Waals surface area contributed by atoms with E-state index < -0.39 is 6.09 Å². The summed E-state index contributed by atoms with van der Waals surface area (Å²) in [4.78, 5) is 27.7. The molecule has 9 nitrogen and oxygen atoms in total. The van der Waals surface area contributed by atoms with Crippen LogP contribution in [0.25, 0.3) is 11.0 Å². The largest absolute Gasteiger partial charge is 0.462 e. The number of aromatic nitrogens is 2. The Morgan fingerprint density at radius 1 is 1.13 bits per heavy atom. The lowest BCUT2D eigenvalue weighted by atomic mass is 10.2. The van der Waals surface area contributed by atoms with E-state index in [2.05, 4.69) is 20.4 Å². The summed E-state index contributed by atoms with van der Waals surface area (Å²) < 4.78 is 11.5. The number of imidazole rings is 1. The summed E-state index contributed by atoms with van der Waals surface area (Å²) >= 11 is 0. The molecular weight excluding hydrogens is 386 g/mol. The van der Waals surface area contributed by atoms with Crippen LogP contribution < -0.4 is 10.6 Å². The number of fused-ring (bicyclic) bond motifs is 1. The maximum Gasteiger partial charge on any atom is 0.412 e. The van der Waals surface area contributed by atoms with Crippen molar-refractivity contribution in [2.24, 2.45) is 7.05 Å². The van der Waals surface area contributed by atoms with Crippen LogP contribution in [0, 0.1) is 5.41 Å². The fourth-order valence-electron chi connectivity index (χ4n) is 2.91. The maximum atomic E-state index is 11.9.